The molecule has 0 aromatic heterocycles. The molecule has 0 aliphatic carbocycles. The Balaban J connectivity index is 0.00000218. The van der Waals surface area contributed by atoms with Crippen molar-refractivity contribution in [3.05, 3.63) is 42.0 Å². The topological polar surface area (TPSA) is 72.8 Å². The smallest absolute Gasteiger partial charge is 0.313 e. The van der Waals surface area contributed by atoms with Crippen molar-refractivity contribution in [2.75, 3.05) is 0 Å². The van der Waals surface area contributed by atoms with Gasteiger partial charge in [-0.25, -0.2) is 0 Å². The van der Waals surface area contributed by atoms with Gasteiger partial charge in [-0.1, -0.05) is 38.1 Å². The van der Waals surface area contributed by atoms with E-state index in [4.69, 9.17) is 9.47 Å². The highest BCUT2D eigenvalue weighted by molar-refractivity contribution is 5.87. The molecule has 2 aromatic rings. The molecule has 0 saturated heterocycles. The summed E-state index contributed by atoms with van der Waals surface area (Å²) in [5, 5.41) is 11.2. The van der Waals surface area contributed by atoms with Crippen LogP contribution in [0.1, 0.15) is 73.8 Å². The summed E-state index contributed by atoms with van der Waals surface area (Å²) < 4.78 is 11.4. The van der Waals surface area contributed by atoms with Crippen LogP contribution in [0.5, 0.6) is 5.75 Å². The second-order valence-corrected chi connectivity index (χ2v) is 8.79. The number of hydrogen-bond donors (Lipinski definition) is 1. The van der Waals surface area contributed by atoms with Crippen molar-refractivity contribution in [3.8, 4) is 5.75 Å². The third-order valence-corrected chi connectivity index (χ3v) is 4.89. The zero-order valence-corrected chi connectivity index (χ0v) is 19.7. The van der Waals surface area contributed by atoms with Crippen molar-refractivity contribution in [2.24, 2.45) is 5.92 Å². The highest BCUT2D eigenvalue weighted by Crippen LogP contribution is 2.29. The number of carboxylic acid groups (broad SMARTS) is 1. The maximum absolute atomic E-state index is 12.6. The van der Waals surface area contributed by atoms with Gasteiger partial charge < -0.3 is 14.6 Å². The predicted molar refractivity (Wildman–Crippen MR) is 121 cm³/mol. The SMILES string of the molecule is CC.CC(C(=O)OC(C)(C)C(C)C(=O)O)c1ccc2cc(OC(C)(C)C)ccc2c1. The molecule has 0 aliphatic rings. The minimum atomic E-state index is -1.09. The van der Waals surface area contributed by atoms with E-state index in [9.17, 15) is 14.7 Å². The van der Waals surface area contributed by atoms with Crippen LogP contribution in [0.15, 0.2) is 36.4 Å². The number of benzene rings is 2. The van der Waals surface area contributed by atoms with Crippen molar-refractivity contribution >= 4 is 22.7 Å². The van der Waals surface area contributed by atoms with Gasteiger partial charge in [0.2, 0.25) is 0 Å². The third-order valence-electron chi connectivity index (χ3n) is 4.89. The highest BCUT2D eigenvalue weighted by Gasteiger charge is 2.36. The van der Waals surface area contributed by atoms with Crippen molar-refractivity contribution in [1.29, 1.82) is 0 Å². The zero-order chi connectivity index (χ0) is 23.3. The quantitative estimate of drug-likeness (QED) is 0.568. The van der Waals surface area contributed by atoms with E-state index in [1.165, 1.54) is 6.92 Å². The van der Waals surface area contributed by atoms with Gasteiger partial charge in [-0.2, -0.15) is 0 Å². The normalized spacial score (nSPS) is 13.6. The standard InChI is InChI=1S/C23H30O5.C2H6/c1-14(21(26)28-23(6,7)15(2)20(24)25)16-8-9-18-13-19(27-22(3,4)5)11-10-17(18)12-16;1-2/h8-15H,1-7H3,(H,24,25);1-2H3. The van der Waals surface area contributed by atoms with Gasteiger partial charge in [0.15, 0.2) is 0 Å². The number of aliphatic carboxylic acids is 1. The second kappa shape index (κ2) is 9.96. The molecule has 0 radical (unpaired) electrons. The molecule has 30 heavy (non-hydrogen) atoms. The second-order valence-electron chi connectivity index (χ2n) is 8.79. The van der Waals surface area contributed by atoms with Gasteiger partial charge in [0.25, 0.3) is 0 Å². The number of carboxylic acids is 1. The van der Waals surface area contributed by atoms with Crippen molar-refractivity contribution in [2.45, 2.75) is 79.4 Å². The van der Waals surface area contributed by atoms with Crippen LogP contribution in [0.3, 0.4) is 0 Å². The van der Waals surface area contributed by atoms with Crippen LogP contribution >= 0.6 is 0 Å². The minimum Gasteiger partial charge on any atom is -0.488 e. The molecular formula is C25H36O5. The molecule has 5 nitrogen and oxygen atoms in total. The maximum atomic E-state index is 12.6. The Kier molecular flexibility index (Phi) is 8.46. The minimum absolute atomic E-state index is 0.272. The maximum Gasteiger partial charge on any atom is 0.313 e. The number of fused-ring (bicyclic) bond motifs is 1. The van der Waals surface area contributed by atoms with E-state index in [-0.39, 0.29) is 5.60 Å². The van der Waals surface area contributed by atoms with Gasteiger partial charge in [-0.05, 0) is 76.9 Å². The van der Waals surface area contributed by atoms with Gasteiger partial charge in [0, 0.05) is 0 Å². The van der Waals surface area contributed by atoms with Crippen molar-refractivity contribution < 1.29 is 24.2 Å². The van der Waals surface area contributed by atoms with Crippen LogP contribution in [-0.4, -0.2) is 28.2 Å². The summed E-state index contributed by atoms with van der Waals surface area (Å²) in [5.41, 5.74) is -0.542. The molecule has 0 fully saturated rings. The monoisotopic (exact) mass is 416 g/mol. The lowest BCUT2D eigenvalue weighted by Crippen LogP contribution is -2.40. The van der Waals surface area contributed by atoms with E-state index < -0.39 is 29.4 Å². The molecule has 0 amide bonds. The lowest BCUT2D eigenvalue weighted by Gasteiger charge is -2.30. The van der Waals surface area contributed by atoms with Crippen molar-refractivity contribution in [3.63, 3.8) is 0 Å². The van der Waals surface area contributed by atoms with Gasteiger partial charge in [-0.15, -0.1) is 0 Å². The molecule has 0 heterocycles. The molecule has 0 bridgehead atoms. The summed E-state index contributed by atoms with van der Waals surface area (Å²) >= 11 is 0. The molecule has 2 atom stereocenters. The number of esters is 1. The summed E-state index contributed by atoms with van der Waals surface area (Å²) in [6, 6.07) is 11.7. The lowest BCUT2D eigenvalue weighted by molar-refractivity contribution is -0.169. The Morgan fingerprint density at radius 3 is 1.97 bits per heavy atom. The lowest BCUT2D eigenvalue weighted by atomic mass is 9.92. The molecule has 0 saturated carbocycles. The number of ether oxygens (including phenoxy) is 2. The first-order chi connectivity index (χ1) is 13.8. The first-order valence-electron chi connectivity index (χ1n) is 10.5. The average molecular weight is 417 g/mol. The van der Waals surface area contributed by atoms with Crippen molar-refractivity contribution in [1.82, 2.24) is 0 Å². The van der Waals surface area contributed by atoms with Crippen LogP contribution in [-0.2, 0) is 14.3 Å². The molecular weight excluding hydrogens is 380 g/mol. The average Bonchev–Trinajstić information content (AvgIpc) is 2.66. The summed E-state index contributed by atoms with van der Waals surface area (Å²) in [6.07, 6.45) is 0. The van der Waals surface area contributed by atoms with Gasteiger partial charge in [0.05, 0.1) is 11.8 Å². The van der Waals surface area contributed by atoms with Crippen LogP contribution < -0.4 is 4.74 Å². The number of carbonyl (C=O) groups excluding carboxylic acids is 1. The fraction of sp³-hybridized carbons (Fsp3) is 0.520. The molecule has 0 spiro atoms. The van der Waals surface area contributed by atoms with Gasteiger partial charge in [-0.3, -0.25) is 9.59 Å². The van der Waals surface area contributed by atoms with Crippen LogP contribution in [0.25, 0.3) is 10.8 Å². The van der Waals surface area contributed by atoms with Crippen LogP contribution in [0.2, 0.25) is 0 Å². The molecule has 166 valence electrons. The molecule has 2 unspecified atom stereocenters. The Morgan fingerprint density at radius 2 is 1.43 bits per heavy atom. The van der Waals surface area contributed by atoms with E-state index in [0.29, 0.717) is 0 Å². The number of rotatable bonds is 6. The van der Waals surface area contributed by atoms with Crippen LogP contribution in [0.4, 0.5) is 0 Å². The summed E-state index contributed by atoms with van der Waals surface area (Å²) in [7, 11) is 0. The number of carbonyl (C=O) groups is 2. The van der Waals surface area contributed by atoms with E-state index >= 15 is 0 Å². The fourth-order valence-electron chi connectivity index (χ4n) is 2.80. The summed E-state index contributed by atoms with van der Waals surface area (Å²) in [4.78, 5) is 23.8. The highest BCUT2D eigenvalue weighted by atomic mass is 16.6. The first kappa shape index (κ1) is 25.5. The number of hydrogen-bond acceptors (Lipinski definition) is 4. The molecule has 2 rings (SSSR count). The van der Waals surface area contributed by atoms with Crippen LogP contribution in [0, 0.1) is 5.92 Å². The summed E-state index contributed by atoms with van der Waals surface area (Å²) in [6.45, 7) is 16.5. The van der Waals surface area contributed by atoms with E-state index in [1.54, 1.807) is 20.8 Å². The van der Waals surface area contributed by atoms with E-state index in [2.05, 4.69) is 0 Å². The zero-order valence-electron chi connectivity index (χ0n) is 19.7. The Hall–Kier alpha value is -2.56. The Labute approximate surface area is 180 Å². The molecule has 5 heteroatoms. The Bertz CT molecular complexity index is 877. The molecule has 2 aromatic carbocycles. The predicted octanol–water partition coefficient (Wildman–Crippen LogP) is 6.19. The third kappa shape index (κ3) is 6.75. The fourth-order valence-corrected chi connectivity index (χ4v) is 2.80. The molecule has 0 aliphatic heterocycles. The van der Waals surface area contributed by atoms with Gasteiger partial charge in [0.1, 0.15) is 17.0 Å². The van der Waals surface area contributed by atoms with Gasteiger partial charge >= 0.3 is 11.9 Å². The summed E-state index contributed by atoms with van der Waals surface area (Å²) in [5.74, 6) is -1.95. The molecule has 1 N–H and O–H groups in total. The van der Waals surface area contributed by atoms with E-state index in [1.807, 2.05) is 71.0 Å². The van der Waals surface area contributed by atoms with E-state index in [0.717, 1.165) is 22.1 Å². The first-order valence-corrected chi connectivity index (χ1v) is 10.5. The Morgan fingerprint density at radius 1 is 0.900 bits per heavy atom. The largest absolute Gasteiger partial charge is 0.488 e.